The molecule has 0 spiro atoms. The predicted octanol–water partition coefficient (Wildman–Crippen LogP) is 4.83. The quantitative estimate of drug-likeness (QED) is 0.618. The van der Waals surface area contributed by atoms with E-state index in [0.29, 0.717) is 27.3 Å². The first-order valence-corrected chi connectivity index (χ1v) is 10.3. The summed E-state index contributed by atoms with van der Waals surface area (Å²) < 4.78 is 0. The maximum Gasteiger partial charge on any atom is 0.308 e. The number of hydrogen-bond acceptors (Lipinski definition) is 3. The van der Waals surface area contributed by atoms with E-state index in [1.165, 1.54) is 0 Å². The summed E-state index contributed by atoms with van der Waals surface area (Å²) in [6.45, 7) is 0. The zero-order chi connectivity index (χ0) is 21.9. The molecule has 0 aliphatic heterocycles. The average Bonchev–Trinajstić information content (AvgIpc) is 2.80. The van der Waals surface area contributed by atoms with Gasteiger partial charge in [-0.2, -0.15) is 0 Å². The molecule has 4 atom stereocenters. The Bertz CT molecular complexity index is 1250. The molecule has 5 rings (SSSR count). The fraction of sp³-hybridized carbons (Fsp3) is 0.160. The Morgan fingerprint density at radius 3 is 1.87 bits per heavy atom. The van der Waals surface area contributed by atoms with Crippen molar-refractivity contribution >= 4 is 29.3 Å². The Hall–Kier alpha value is -3.44. The van der Waals surface area contributed by atoms with E-state index < -0.39 is 35.6 Å². The maximum absolute atomic E-state index is 13.5. The van der Waals surface area contributed by atoms with Crippen LogP contribution in [0.5, 0.6) is 0 Å². The van der Waals surface area contributed by atoms with Crippen molar-refractivity contribution in [1.29, 1.82) is 0 Å². The van der Waals surface area contributed by atoms with Gasteiger partial charge in [0.1, 0.15) is 0 Å². The molecule has 0 amide bonds. The molecule has 0 bridgehead atoms. The van der Waals surface area contributed by atoms with E-state index >= 15 is 0 Å². The van der Waals surface area contributed by atoms with Gasteiger partial charge in [0.25, 0.3) is 0 Å². The van der Waals surface area contributed by atoms with Crippen LogP contribution in [0.2, 0.25) is 5.02 Å². The zero-order valence-electron chi connectivity index (χ0n) is 16.2. The van der Waals surface area contributed by atoms with E-state index in [9.17, 15) is 24.6 Å². The van der Waals surface area contributed by atoms with Gasteiger partial charge in [0.15, 0.2) is 5.78 Å². The van der Waals surface area contributed by atoms with Gasteiger partial charge in [-0.05, 0) is 40.5 Å². The van der Waals surface area contributed by atoms with Gasteiger partial charge in [0.2, 0.25) is 0 Å². The van der Waals surface area contributed by atoms with E-state index in [-0.39, 0.29) is 5.78 Å². The first-order valence-electron chi connectivity index (χ1n) is 9.87. The third-order valence-electron chi connectivity index (χ3n) is 6.52. The standard InChI is InChI=1S/C25H17ClO5/c26-14-8-5-12(6-9-14)13-7-10-16-18(11-13)23(27)17-4-2-1-3-15(17)19-20(16)22(25(30)31)21(19)24(28)29/h1-11,19-22H,(H,28,29)(H,30,31)/t19-,20+,21+,22-/m0/s1. The van der Waals surface area contributed by atoms with Crippen molar-refractivity contribution in [2.45, 2.75) is 11.8 Å². The fourth-order valence-corrected chi connectivity index (χ4v) is 5.27. The lowest BCUT2D eigenvalue weighted by Gasteiger charge is -2.48. The summed E-state index contributed by atoms with van der Waals surface area (Å²) in [4.78, 5) is 37.5. The highest BCUT2D eigenvalue weighted by Gasteiger charge is 2.60. The van der Waals surface area contributed by atoms with E-state index in [0.717, 1.165) is 11.1 Å². The topological polar surface area (TPSA) is 91.7 Å². The Morgan fingerprint density at radius 1 is 0.710 bits per heavy atom. The lowest BCUT2D eigenvalue weighted by atomic mass is 9.52. The molecule has 154 valence electrons. The second kappa shape index (κ2) is 7.06. The van der Waals surface area contributed by atoms with Crippen LogP contribution >= 0.6 is 11.6 Å². The summed E-state index contributed by atoms with van der Waals surface area (Å²) >= 11 is 5.99. The molecule has 0 saturated heterocycles. The molecule has 0 radical (unpaired) electrons. The number of hydrogen-bond donors (Lipinski definition) is 2. The third kappa shape index (κ3) is 2.88. The Labute approximate surface area is 182 Å². The van der Waals surface area contributed by atoms with Gasteiger partial charge in [-0.1, -0.05) is 60.1 Å². The molecule has 0 unspecified atom stereocenters. The SMILES string of the molecule is O=C1c2ccccc2[C@@H]2[C@@H](C(=O)O)[C@@H](C(=O)O)[C@@H]2c2ccc(-c3ccc(Cl)cc3)cc21. The van der Waals surface area contributed by atoms with Crippen LogP contribution in [0.4, 0.5) is 0 Å². The Morgan fingerprint density at radius 2 is 1.26 bits per heavy atom. The highest BCUT2D eigenvalue weighted by Crippen LogP contribution is 2.60. The number of carbonyl (C=O) groups excluding carboxylic acids is 1. The van der Waals surface area contributed by atoms with Gasteiger partial charge in [-0.15, -0.1) is 0 Å². The normalized spacial score (nSPS) is 23.6. The zero-order valence-corrected chi connectivity index (χ0v) is 16.9. The molecule has 2 aliphatic carbocycles. The summed E-state index contributed by atoms with van der Waals surface area (Å²) in [6, 6.07) is 19.5. The molecule has 0 heterocycles. The van der Waals surface area contributed by atoms with E-state index in [2.05, 4.69) is 0 Å². The van der Waals surface area contributed by atoms with Crippen LogP contribution < -0.4 is 0 Å². The van der Waals surface area contributed by atoms with Crippen LogP contribution in [0, 0.1) is 11.8 Å². The minimum atomic E-state index is -1.16. The molecule has 0 aromatic heterocycles. The fourth-order valence-electron chi connectivity index (χ4n) is 5.14. The number of benzene rings is 3. The number of halogens is 1. The van der Waals surface area contributed by atoms with E-state index in [4.69, 9.17) is 11.6 Å². The molecule has 5 nitrogen and oxygen atoms in total. The van der Waals surface area contributed by atoms with E-state index in [1.807, 2.05) is 18.2 Å². The van der Waals surface area contributed by atoms with Crippen molar-refractivity contribution in [3.8, 4) is 11.1 Å². The monoisotopic (exact) mass is 432 g/mol. The van der Waals surface area contributed by atoms with Crippen LogP contribution in [0.3, 0.4) is 0 Å². The number of carboxylic acids is 2. The molecule has 31 heavy (non-hydrogen) atoms. The Kier molecular flexibility index (Phi) is 4.45. The molecule has 2 N–H and O–H groups in total. The lowest BCUT2D eigenvalue weighted by molar-refractivity contribution is -0.164. The van der Waals surface area contributed by atoms with E-state index in [1.54, 1.807) is 48.5 Å². The van der Waals surface area contributed by atoms with Crippen molar-refractivity contribution in [2.24, 2.45) is 11.8 Å². The molecule has 6 heteroatoms. The smallest absolute Gasteiger partial charge is 0.308 e. The van der Waals surface area contributed by atoms with Crippen molar-refractivity contribution in [3.05, 3.63) is 94.0 Å². The summed E-state index contributed by atoms with van der Waals surface area (Å²) in [7, 11) is 0. The van der Waals surface area contributed by atoms with Crippen molar-refractivity contribution in [1.82, 2.24) is 0 Å². The molecular weight excluding hydrogens is 416 g/mol. The highest BCUT2D eigenvalue weighted by atomic mass is 35.5. The van der Waals surface area contributed by atoms with Crippen LogP contribution in [-0.2, 0) is 9.59 Å². The third-order valence-corrected chi connectivity index (χ3v) is 6.77. The van der Waals surface area contributed by atoms with Gasteiger partial charge in [-0.3, -0.25) is 14.4 Å². The summed E-state index contributed by atoms with van der Waals surface area (Å²) in [6.07, 6.45) is 0. The van der Waals surface area contributed by atoms with Crippen molar-refractivity contribution < 1.29 is 24.6 Å². The average molecular weight is 433 g/mol. The molecule has 3 aromatic rings. The van der Waals surface area contributed by atoms with Crippen molar-refractivity contribution in [3.63, 3.8) is 0 Å². The molecule has 3 aromatic carbocycles. The lowest BCUT2D eigenvalue weighted by Crippen LogP contribution is -2.51. The van der Waals surface area contributed by atoms with Crippen LogP contribution in [0.15, 0.2) is 66.7 Å². The van der Waals surface area contributed by atoms with Gasteiger partial charge in [0, 0.05) is 28.0 Å². The number of carbonyl (C=O) groups is 3. The predicted molar refractivity (Wildman–Crippen MR) is 114 cm³/mol. The molecule has 2 aliphatic rings. The van der Waals surface area contributed by atoms with Gasteiger partial charge >= 0.3 is 11.9 Å². The summed E-state index contributed by atoms with van der Waals surface area (Å²) in [5, 5.41) is 20.2. The van der Waals surface area contributed by atoms with Gasteiger partial charge in [0.05, 0.1) is 11.8 Å². The highest BCUT2D eigenvalue weighted by molar-refractivity contribution is 6.30. The van der Waals surface area contributed by atoms with Gasteiger partial charge < -0.3 is 10.2 Å². The summed E-state index contributed by atoms with van der Waals surface area (Å²) in [5.74, 6) is -5.86. The molecular formula is C25H17ClO5. The number of fused-ring (bicyclic) bond motifs is 5. The Balaban J connectivity index is 1.73. The van der Waals surface area contributed by atoms with Crippen LogP contribution in [0.1, 0.15) is 38.9 Å². The minimum Gasteiger partial charge on any atom is -0.481 e. The number of ketones is 1. The molecule has 1 saturated carbocycles. The second-order valence-electron chi connectivity index (χ2n) is 8.00. The van der Waals surface area contributed by atoms with Gasteiger partial charge in [-0.25, -0.2) is 0 Å². The first-order chi connectivity index (χ1) is 14.9. The largest absolute Gasteiger partial charge is 0.481 e. The first kappa shape index (κ1) is 19.5. The number of carboxylic acid groups (broad SMARTS) is 2. The summed E-state index contributed by atoms with van der Waals surface area (Å²) in [5.41, 5.74) is 3.73. The van der Waals surface area contributed by atoms with Crippen molar-refractivity contribution in [2.75, 3.05) is 0 Å². The van der Waals surface area contributed by atoms with Crippen LogP contribution in [0.25, 0.3) is 11.1 Å². The maximum atomic E-state index is 13.5. The second-order valence-corrected chi connectivity index (χ2v) is 8.44. The molecule has 1 fully saturated rings. The number of aliphatic carboxylic acids is 2. The van der Waals surface area contributed by atoms with Crippen LogP contribution in [-0.4, -0.2) is 27.9 Å². The minimum absolute atomic E-state index is 0.218. The number of rotatable bonds is 3.